The molecule has 14 heteroatoms. The fourth-order valence-electron chi connectivity index (χ4n) is 5.26. The number of carbonyl (C=O) groups is 2. The number of phenolic OH excluding ortho intramolecular Hbond substituents is 2. The Morgan fingerprint density at radius 2 is 1.46 bits per heavy atom. The SMILES string of the molecule is Cc1cc(OC2OC(CO)C(O)C(O)C2OC2OC(C)C(O)C(O)C2O)c2c(c1)C(=O)c1cc(O)cc(O)c1C2=O. The van der Waals surface area contributed by atoms with E-state index >= 15 is 0 Å². The molecule has 5 rings (SSSR count). The van der Waals surface area contributed by atoms with Crippen LogP contribution in [0.1, 0.15) is 44.3 Å². The van der Waals surface area contributed by atoms with Crippen molar-refractivity contribution in [3.8, 4) is 17.2 Å². The quantitative estimate of drug-likeness (QED) is 0.167. The molecule has 14 nitrogen and oxygen atoms in total. The first-order valence-corrected chi connectivity index (χ1v) is 12.8. The van der Waals surface area contributed by atoms with E-state index in [1.807, 2.05) is 0 Å². The van der Waals surface area contributed by atoms with Crippen LogP contribution in [0.15, 0.2) is 24.3 Å². The van der Waals surface area contributed by atoms with Gasteiger partial charge in [0.2, 0.25) is 12.1 Å². The van der Waals surface area contributed by atoms with Crippen molar-refractivity contribution in [1.82, 2.24) is 0 Å². The number of aliphatic hydroxyl groups excluding tert-OH is 6. The van der Waals surface area contributed by atoms with Crippen LogP contribution in [0.25, 0.3) is 0 Å². The molecule has 0 aromatic heterocycles. The number of ketones is 2. The summed E-state index contributed by atoms with van der Waals surface area (Å²) in [4.78, 5) is 26.9. The fraction of sp³-hybridized carbons (Fsp3) is 0.481. The Morgan fingerprint density at radius 1 is 0.780 bits per heavy atom. The number of rotatable bonds is 5. The highest BCUT2D eigenvalue weighted by atomic mass is 16.8. The number of benzene rings is 2. The van der Waals surface area contributed by atoms with Crippen LogP contribution in [-0.2, 0) is 14.2 Å². The number of aryl methyl sites for hydroxylation is 1. The summed E-state index contributed by atoms with van der Waals surface area (Å²) in [6.45, 7) is 2.25. The molecular formula is C27H30O14. The van der Waals surface area contributed by atoms with Gasteiger partial charge in [0.1, 0.15) is 53.9 Å². The number of carbonyl (C=O) groups excluding carboxylic acids is 2. The average molecular weight is 579 g/mol. The Hall–Kier alpha value is -3.18. The summed E-state index contributed by atoms with van der Waals surface area (Å²) < 4.78 is 22.8. The third-order valence-electron chi connectivity index (χ3n) is 7.46. The van der Waals surface area contributed by atoms with Gasteiger partial charge in [0.15, 0.2) is 18.2 Å². The van der Waals surface area contributed by atoms with Crippen LogP contribution in [0.2, 0.25) is 0 Å². The summed E-state index contributed by atoms with van der Waals surface area (Å²) in [5, 5.41) is 82.0. The van der Waals surface area contributed by atoms with Gasteiger partial charge in [-0.1, -0.05) is 0 Å². The maximum atomic E-state index is 13.6. The van der Waals surface area contributed by atoms with Crippen molar-refractivity contribution in [2.45, 2.75) is 75.3 Å². The number of phenols is 2. The molecule has 0 radical (unpaired) electrons. The summed E-state index contributed by atoms with van der Waals surface area (Å²) in [6, 6.07) is 4.76. The van der Waals surface area contributed by atoms with Crippen LogP contribution in [0.3, 0.4) is 0 Å². The van der Waals surface area contributed by atoms with Gasteiger partial charge >= 0.3 is 0 Å². The monoisotopic (exact) mass is 578 g/mol. The molecule has 41 heavy (non-hydrogen) atoms. The van der Waals surface area contributed by atoms with Crippen molar-refractivity contribution >= 4 is 11.6 Å². The molecule has 0 saturated carbocycles. The first-order chi connectivity index (χ1) is 19.3. The van der Waals surface area contributed by atoms with Crippen LogP contribution in [0.4, 0.5) is 0 Å². The molecule has 2 fully saturated rings. The maximum absolute atomic E-state index is 13.6. The van der Waals surface area contributed by atoms with Crippen LogP contribution in [-0.4, -0.2) is 120 Å². The second-order valence-electron chi connectivity index (χ2n) is 10.3. The highest BCUT2D eigenvalue weighted by molar-refractivity contribution is 6.30. The molecule has 3 aliphatic rings. The van der Waals surface area contributed by atoms with Crippen molar-refractivity contribution in [1.29, 1.82) is 0 Å². The second-order valence-corrected chi connectivity index (χ2v) is 10.3. The molecule has 222 valence electrons. The van der Waals surface area contributed by atoms with Crippen LogP contribution >= 0.6 is 0 Å². The zero-order chi connectivity index (χ0) is 29.9. The molecule has 10 unspecified atom stereocenters. The van der Waals surface area contributed by atoms with E-state index < -0.39 is 91.1 Å². The number of fused-ring (bicyclic) bond motifs is 2. The molecule has 0 spiro atoms. The summed E-state index contributed by atoms with van der Waals surface area (Å²) in [5.74, 6) is -2.79. The summed E-state index contributed by atoms with van der Waals surface area (Å²) in [7, 11) is 0. The summed E-state index contributed by atoms with van der Waals surface area (Å²) in [5.41, 5.74) is -0.498. The molecule has 2 heterocycles. The summed E-state index contributed by atoms with van der Waals surface area (Å²) >= 11 is 0. The molecule has 0 bridgehead atoms. The smallest absolute Gasteiger partial charge is 0.229 e. The van der Waals surface area contributed by atoms with Crippen LogP contribution in [0.5, 0.6) is 17.2 Å². The highest BCUT2D eigenvalue weighted by Crippen LogP contribution is 2.41. The van der Waals surface area contributed by atoms with Gasteiger partial charge in [-0.25, -0.2) is 0 Å². The normalized spacial score (nSPS) is 35.1. The van der Waals surface area contributed by atoms with Crippen molar-refractivity contribution in [2.24, 2.45) is 0 Å². The maximum Gasteiger partial charge on any atom is 0.229 e. The largest absolute Gasteiger partial charge is 0.508 e. The van der Waals surface area contributed by atoms with Gasteiger partial charge in [-0.05, 0) is 37.6 Å². The average Bonchev–Trinajstić information content (AvgIpc) is 2.92. The molecule has 10 atom stereocenters. The minimum absolute atomic E-state index is 0.105. The molecule has 2 aromatic rings. The number of hydrogen-bond acceptors (Lipinski definition) is 14. The van der Waals surface area contributed by atoms with E-state index in [1.165, 1.54) is 19.1 Å². The van der Waals surface area contributed by atoms with Crippen molar-refractivity contribution in [3.05, 3.63) is 52.1 Å². The lowest BCUT2D eigenvalue weighted by Gasteiger charge is -2.45. The number of aromatic hydroxyl groups is 2. The van der Waals surface area contributed by atoms with Crippen LogP contribution < -0.4 is 4.74 Å². The Morgan fingerprint density at radius 3 is 2.15 bits per heavy atom. The Labute approximate surface area is 232 Å². The highest BCUT2D eigenvalue weighted by Gasteiger charge is 2.51. The molecule has 0 amide bonds. The first-order valence-electron chi connectivity index (χ1n) is 12.8. The van der Waals surface area contributed by atoms with E-state index in [9.17, 15) is 50.4 Å². The first kappa shape index (κ1) is 29.3. The van der Waals surface area contributed by atoms with E-state index in [-0.39, 0.29) is 28.0 Å². The van der Waals surface area contributed by atoms with E-state index in [1.54, 1.807) is 6.92 Å². The van der Waals surface area contributed by atoms with Crippen molar-refractivity contribution in [2.75, 3.05) is 6.61 Å². The Kier molecular flexibility index (Phi) is 7.80. The number of aliphatic hydroxyl groups is 6. The lowest BCUT2D eigenvalue weighted by atomic mass is 9.82. The third kappa shape index (κ3) is 4.97. The number of hydrogen-bond donors (Lipinski definition) is 8. The number of ether oxygens (including phenoxy) is 4. The van der Waals surface area contributed by atoms with Crippen LogP contribution in [0, 0.1) is 6.92 Å². The lowest BCUT2D eigenvalue weighted by Crippen LogP contribution is -2.64. The standard InChI is InChI=1S/C27H30O14/c1-8-3-11-17(21(34)16-12(19(11)32)5-10(29)6-13(16)30)14(4-8)39-27-25(23(36)20(33)15(7-28)40-27)41-26-24(37)22(35)18(31)9(2)38-26/h3-6,9,15,18,20,22-31,33,35-37H,7H2,1-2H3. The lowest BCUT2D eigenvalue weighted by molar-refractivity contribution is -0.354. The Bertz CT molecular complexity index is 1360. The van der Waals surface area contributed by atoms with Gasteiger partial charge in [0.25, 0.3) is 0 Å². The van der Waals surface area contributed by atoms with Gasteiger partial charge in [-0.15, -0.1) is 0 Å². The molecular weight excluding hydrogens is 548 g/mol. The van der Waals surface area contributed by atoms with E-state index in [0.29, 0.717) is 5.56 Å². The van der Waals surface area contributed by atoms with E-state index in [4.69, 9.17) is 18.9 Å². The topological polar surface area (TPSA) is 233 Å². The van der Waals surface area contributed by atoms with Gasteiger partial charge in [-0.3, -0.25) is 9.59 Å². The Balaban J connectivity index is 1.53. The predicted molar refractivity (Wildman–Crippen MR) is 133 cm³/mol. The molecule has 1 aliphatic carbocycles. The van der Waals surface area contributed by atoms with Gasteiger partial charge in [0, 0.05) is 17.2 Å². The van der Waals surface area contributed by atoms with Gasteiger partial charge in [-0.2, -0.15) is 0 Å². The second kappa shape index (κ2) is 10.9. The van der Waals surface area contributed by atoms with E-state index in [0.717, 1.165) is 12.1 Å². The molecule has 2 aromatic carbocycles. The summed E-state index contributed by atoms with van der Waals surface area (Å²) in [6.07, 6.45) is -15.8. The predicted octanol–water partition coefficient (Wildman–Crippen LogP) is -1.79. The minimum atomic E-state index is -1.81. The van der Waals surface area contributed by atoms with Gasteiger partial charge < -0.3 is 59.8 Å². The van der Waals surface area contributed by atoms with Crippen molar-refractivity contribution in [3.63, 3.8) is 0 Å². The van der Waals surface area contributed by atoms with E-state index in [2.05, 4.69) is 0 Å². The zero-order valence-corrected chi connectivity index (χ0v) is 21.8. The molecule has 2 saturated heterocycles. The fourth-order valence-corrected chi connectivity index (χ4v) is 5.26. The minimum Gasteiger partial charge on any atom is -0.508 e. The zero-order valence-electron chi connectivity index (χ0n) is 21.8. The van der Waals surface area contributed by atoms with Gasteiger partial charge in [0.05, 0.1) is 23.8 Å². The molecule has 2 aliphatic heterocycles. The molecule has 8 N–H and O–H groups in total. The van der Waals surface area contributed by atoms with Crippen molar-refractivity contribution < 1.29 is 69.4 Å². The third-order valence-corrected chi connectivity index (χ3v) is 7.46.